The molecule has 0 spiro atoms. The third kappa shape index (κ3) is 3.94. The maximum Gasteiger partial charge on any atom is 0.337 e. The number of ether oxygens (including phenoxy) is 1. The number of urea groups is 1. The summed E-state index contributed by atoms with van der Waals surface area (Å²) in [6.07, 6.45) is 1.77. The highest BCUT2D eigenvalue weighted by Gasteiger charge is 2.18. The van der Waals surface area contributed by atoms with Gasteiger partial charge in [0.2, 0.25) is 0 Å². The molecule has 20 heavy (non-hydrogen) atoms. The molecule has 7 heteroatoms. The number of carbonyl (C=O) groups excluding carboxylic acids is 1. The Morgan fingerprint density at radius 1 is 1.40 bits per heavy atom. The first kappa shape index (κ1) is 14.8. The molecule has 1 atom stereocenters. The standard InChI is InChI=1S/C13H15BrN2O4/c14-8-3-4-11(10(6-8)12(17)18)16-13(19)15-9-2-1-5-20-7-9/h3-4,6,9H,1-2,5,7H2,(H,17,18)(H2,15,16,19). The number of carboxylic acids is 1. The normalized spacial score (nSPS) is 18.4. The average molecular weight is 343 g/mol. The lowest BCUT2D eigenvalue weighted by Crippen LogP contribution is -2.42. The SMILES string of the molecule is O=C(Nc1ccc(Br)cc1C(=O)O)NC1CCCOC1. The molecule has 1 fully saturated rings. The Morgan fingerprint density at radius 3 is 2.85 bits per heavy atom. The second-order valence-corrected chi connectivity index (χ2v) is 5.42. The molecule has 0 aliphatic carbocycles. The lowest BCUT2D eigenvalue weighted by Gasteiger charge is -2.23. The molecule has 1 aliphatic rings. The van der Waals surface area contributed by atoms with E-state index in [0.29, 0.717) is 11.1 Å². The van der Waals surface area contributed by atoms with E-state index in [2.05, 4.69) is 26.6 Å². The molecule has 2 amide bonds. The van der Waals surface area contributed by atoms with Crippen LogP contribution in [0.25, 0.3) is 0 Å². The van der Waals surface area contributed by atoms with Gasteiger partial charge in [0.05, 0.1) is 23.9 Å². The predicted octanol–water partition coefficient (Wildman–Crippen LogP) is 2.45. The molecule has 1 aliphatic heterocycles. The van der Waals surface area contributed by atoms with Crippen molar-refractivity contribution in [1.29, 1.82) is 0 Å². The highest BCUT2D eigenvalue weighted by molar-refractivity contribution is 9.10. The molecular formula is C13H15BrN2O4. The van der Waals surface area contributed by atoms with Gasteiger partial charge in [-0.05, 0) is 31.0 Å². The minimum absolute atomic E-state index is 0.0347. The number of benzene rings is 1. The quantitative estimate of drug-likeness (QED) is 0.787. The van der Waals surface area contributed by atoms with E-state index in [1.807, 2.05) is 0 Å². The van der Waals surface area contributed by atoms with Crippen molar-refractivity contribution < 1.29 is 19.4 Å². The minimum atomic E-state index is -1.09. The fourth-order valence-electron chi connectivity index (χ4n) is 2.00. The molecule has 2 rings (SSSR count). The summed E-state index contributed by atoms with van der Waals surface area (Å²) in [5.41, 5.74) is 0.296. The third-order valence-electron chi connectivity index (χ3n) is 2.96. The van der Waals surface area contributed by atoms with Gasteiger partial charge in [0.1, 0.15) is 0 Å². The van der Waals surface area contributed by atoms with Crippen molar-refractivity contribution in [1.82, 2.24) is 5.32 Å². The van der Waals surface area contributed by atoms with Gasteiger partial charge >= 0.3 is 12.0 Å². The van der Waals surface area contributed by atoms with E-state index in [1.54, 1.807) is 12.1 Å². The van der Waals surface area contributed by atoms with Crippen LogP contribution in [0.1, 0.15) is 23.2 Å². The molecule has 6 nitrogen and oxygen atoms in total. The van der Waals surface area contributed by atoms with E-state index in [9.17, 15) is 9.59 Å². The highest BCUT2D eigenvalue weighted by atomic mass is 79.9. The number of halogens is 1. The number of carbonyl (C=O) groups is 2. The highest BCUT2D eigenvalue weighted by Crippen LogP contribution is 2.21. The minimum Gasteiger partial charge on any atom is -0.478 e. The maximum absolute atomic E-state index is 11.9. The Balaban J connectivity index is 2.01. The average Bonchev–Trinajstić information content (AvgIpc) is 2.41. The molecule has 108 valence electrons. The van der Waals surface area contributed by atoms with Crippen molar-refractivity contribution >= 4 is 33.6 Å². The number of hydrogen-bond donors (Lipinski definition) is 3. The van der Waals surface area contributed by atoms with Crippen LogP contribution < -0.4 is 10.6 Å². The molecular weight excluding hydrogens is 328 g/mol. The van der Waals surface area contributed by atoms with E-state index < -0.39 is 12.0 Å². The fourth-order valence-corrected chi connectivity index (χ4v) is 2.36. The van der Waals surface area contributed by atoms with Crippen molar-refractivity contribution in [3.63, 3.8) is 0 Å². The first-order valence-corrected chi connectivity index (χ1v) is 7.03. The summed E-state index contributed by atoms with van der Waals surface area (Å²) in [6.45, 7) is 1.20. The number of nitrogens with one attached hydrogen (secondary N) is 2. The molecule has 1 heterocycles. The number of aromatic carboxylic acids is 1. The summed E-state index contributed by atoms with van der Waals surface area (Å²) in [6, 6.07) is 4.20. The van der Waals surface area contributed by atoms with Crippen LogP contribution in [-0.2, 0) is 4.74 Å². The van der Waals surface area contributed by atoms with E-state index in [-0.39, 0.29) is 17.3 Å². The topological polar surface area (TPSA) is 87.7 Å². The molecule has 0 saturated carbocycles. The van der Waals surface area contributed by atoms with Crippen LogP contribution in [-0.4, -0.2) is 36.4 Å². The monoisotopic (exact) mass is 342 g/mol. The first-order chi connectivity index (χ1) is 9.56. The second kappa shape index (κ2) is 6.71. The number of carboxylic acid groups (broad SMARTS) is 1. The van der Waals surface area contributed by atoms with Crippen LogP contribution in [0.15, 0.2) is 22.7 Å². The summed E-state index contributed by atoms with van der Waals surface area (Å²) in [4.78, 5) is 23.0. The smallest absolute Gasteiger partial charge is 0.337 e. The molecule has 0 aromatic heterocycles. The Kier molecular flexibility index (Phi) is 4.97. The Hall–Kier alpha value is -1.60. The van der Waals surface area contributed by atoms with Gasteiger partial charge in [0.25, 0.3) is 0 Å². The van der Waals surface area contributed by atoms with E-state index in [1.165, 1.54) is 6.07 Å². The van der Waals surface area contributed by atoms with Crippen molar-refractivity contribution in [3.05, 3.63) is 28.2 Å². The molecule has 3 N–H and O–H groups in total. The molecule has 0 radical (unpaired) electrons. The van der Waals surface area contributed by atoms with Crippen molar-refractivity contribution in [2.24, 2.45) is 0 Å². The number of rotatable bonds is 3. The van der Waals surface area contributed by atoms with Crippen LogP contribution in [0.3, 0.4) is 0 Å². The van der Waals surface area contributed by atoms with Gasteiger partial charge in [0, 0.05) is 11.1 Å². The third-order valence-corrected chi connectivity index (χ3v) is 3.45. The van der Waals surface area contributed by atoms with Crippen LogP contribution in [0.5, 0.6) is 0 Å². The summed E-state index contributed by atoms with van der Waals surface area (Å²) >= 11 is 3.20. The Labute approximate surface area is 124 Å². The predicted molar refractivity (Wildman–Crippen MR) is 77.1 cm³/mol. The number of hydrogen-bond acceptors (Lipinski definition) is 3. The zero-order valence-corrected chi connectivity index (χ0v) is 12.3. The number of amides is 2. The molecule has 1 saturated heterocycles. The second-order valence-electron chi connectivity index (χ2n) is 4.51. The van der Waals surface area contributed by atoms with Gasteiger partial charge in [-0.25, -0.2) is 9.59 Å². The lowest BCUT2D eigenvalue weighted by molar-refractivity contribution is 0.0697. The molecule has 1 aromatic carbocycles. The molecule has 0 bridgehead atoms. The lowest BCUT2D eigenvalue weighted by atomic mass is 10.1. The van der Waals surface area contributed by atoms with Crippen molar-refractivity contribution in [2.75, 3.05) is 18.5 Å². The van der Waals surface area contributed by atoms with Crippen molar-refractivity contribution in [2.45, 2.75) is 18.9 Å². The van der Waals surface area contributed by atoms with Crippen molar-refractivity contribution in [3.8, 4) is 0 Å². The zero-order chi connectivity index (χ0) is 14.5. The van der Waals surface area contributed by atoms with Gasteiger partial charge in [-0.3, -0.25) is 0 Å². The van der Waals surface area contributed by atoms with Crippen LogP contribution in [0, 0.1) is 0 Å². The summed E-state index contributed by atoms with van der Waals surface area (Å²) in [7, 11) is 0. The van der Waals surface area contributed by atoms with E-state index >= 15 is 0 Å². The fraction of sp³-hybridized carbons (Fsp3) is 0.385. The van der Waals surface area contributed by atoms with Crippen LogP contribution >= 0.6 is 15.9 Å². The Bertz CT molecular complexity index is 515. The molecule has 1 unspecified atom stereocenters. The van der Waals surface area contributed by atoms with Gasteiger partial charge in [-0.15, -0.1) is 0 Å². The summed E-state index contributed by atoms with van der Waals surface area (Å²) in [5.74, 6) is -1.09. The van der Waals surface area contributed by atoms with Gasteiger partial charge in [0.15, 0.2) is 0 Å². The zero-order valence-electron chi connectivity index (χ0n) is 10.7. The first-order valence-electron chi connectivity index (χ1n) is 6.24. The Morgan fingerprint density at radius 2 is 2.20 bits per heavy atom. The molecule has 1 aromatic rings. The van der Waals surface area contributed by atoms with Crippen LogP contribution in [0.2, 0.25) is 0 Å². The van der Waals surface area contributed by atoms with Gasteiger partial charge in [-0.2, -0.15) is 0 Å². The summed E-state index contributed by atoms with van der Waals surface area (Å²) < 4.78 is 5.91. The van der Waals surface area contributed by atoms with Crippen LogP contribution in [0.4, 0.5) is 10.5 Å². The van der Waals surface area contributed by atoms with Gasteiger partial charge < -0.3 is 20.5 Å². The number of anilines is 1. The van der Waals surface area contributed by atoms with Gasteiger partial charge in [-0.1, -0.05) is 15.9 Å². The summed E-state index contributed by atoms with van der Waals surface area (Å²) in [5, 5.41) is 14.4. The van der Waals surface area contributed by atoms with E-state index in [0.717, 1.165) is 19.4 Å². The van der Waals surface area contributed by atoms with E-state index in [4.69, 9.17) is 9.84 Å². The largest absolute Gasteiger partial charge is 0.478 e. The maximum atomic E-state index is 11.9.